The molecule has 1 aliphatic carbocycles. The highest BCUT2D eigenvalue weighted by Gasteiger charge is 2.24. The lowest BCUT2D eigenvalue weighted by molar-refractivity contribution is 0.0949. The first-order chi connectivity index (χ1) is 14.5. The normalized spacial score (nSPS) is 13.0. The van der Waals surface area contributed by atoms with Gasteiger partial charge in [0.1, 0.15) is 12.3 Å². The molecule has 0 bridgehead atoms. The van der Waals surface area contributed by atoms with Crippen LogP contribution in [0.2, 0.25) is 0 Å². The highest BCUT2D eigenvalue weighted by atomic mass is 32.1. The van der Waals surface area contributed by atoms with Crippen molar-refractivity contribution in [3.8, 4) is 5.75 Å². The number of aromatic nitrogens is 2. The number of carbonyl (C=O) groups is 2. The predicted octanol–water partition coefficient (Wildman–Crippen LogP) is 3.71. The minimum atomic E-state index is -0.653. The Kier molecular flexibility index (Phi) is 5.71. The third-order valence-electron chi connectivity index (χ3n) is 4.64. The maximum absolute atomic E-state index is 14.4. The van der Waals surface area contributed by atoms with E-state index in [0.29, 0.717) is 16.9 Å². The molecule has 0 unspecified atom stereocenters. The zero-order valence-corrected chi connectivity index (χ0v) is 17.0. The lowest BCUT2D eigenvalue weighted by Crippen LogP contribution is -2.25. The van der Waals surface area contributed by atoms with Crippen molar-refractivity contribution in [1.82, 2.24) is 14.1 Å². The summed E-state index contributed by atoms with van der Waals surface area (Å²) in [5.41, 5.74) is 2.50. The van der Waals surface area contributed by atoms with Gasteiger partial charge in [-0.1, -0.05) is 6.07 Å². The van der Waals surface area contributed by atoms with Gasteiger partial charge in [0.25, 0.3) is 11.8 Å². The number of carbonyl (C=O) groups excluding carboxylic acids is 2. The summed E-state index contributed by atoms with van der Waals surface area (Å²) in [6.07, 6.45) is 3.53. The molecule has 1 heterocycles. The van der Waals surface area contributed by atoms with Gasteiger partial charge in [-0.3, -0.25) is 9.59 Å². The van der Waals surface area contributed by atoms with E-state index in [4.69, 9.17) is 4.74 Å². The first-order valence-corrected chi connectivity index (χ1v) is 10.1. The molecular weight excluding hydrogens is 407 g/mol. The fraction of sp³-hybridized carbons (Fsp3) is 0.238. The van der Waals surface area contributed by atoms with Crippen molar-refractivity contribution in [2.24, 2.45) is 0 Å². The average Bonchev–Trinajstić information content (AvgIpc) is 3.39. The quantitative estimate of drug-likeness (QED) is 0.601. The monoisotopic (exact) mass is 426 g/mol. The number of halogens is 1. The van der Waals surface area contributed by atoms with E-state index in [-0.39, 0.29) is 29.9 Å². The fourth-order valence-electron chi connectivity index (χ4n) is 2.75. The van der Waals surface area contributed by atoms with E-state index in [0.717, 1.165) is 36.2 Å². The van der Waals surface area contributed by atoms with E-state index in [2.05, 4.69) is 19.4 Å². The topological polar surface area (TPSA) is 93.2 Å². The summed E-state index contributed by atoms with van der Waals surface area (Å²) < 4.78 is 27.6. The Labute approximate surface area is 176 Å². The molecule has 7 nitrogen and oxygen atoms in total. The molecule has 1 saturated carbocycles. The van der Waals surface area contributed by atoms with Crippen LogP contribution >= 0.6 is 11.7 Å². The minimum Gasteiger partial charge on any atom is -0.484 e. The van der Waals surface area contributed by atoms with Gasteiger partial charge < -0.3 is 15.4 Å². The van der Waals surface area contributed by atoms with Gasteiger partial charge in [0.05, 0.1) is 17.9 Å². The van der Waals surface area contributed by atoms with Crippen molar-refractivity contribution in [2.45, 2.75) is 32.4 Å². The first kappa shape index (κ1) is 20.0. The van der Waals surface area contributed by atoms with Crippen LogP contribution in [0.5, 0.6) is 5.75 Å². The molecule has 0 aliphatic heterocycles. The van der Waals surface area contributed by atoms with Crippen LogP contribution in [0, 0.1) is 12.7 Å². The Morgan fingerprint density at radius 2 is 1.93 bits per heavy atom. The third kappa shape index (κ3) is 4.80. The zero-order chi connectivity index (χ0) is 21.1. The number of amides is 2. The highest BCUT2D eigenvalue weighted by Crippen LogP contribution is 2.23. The van der Waals surface area contributed by atoms with Gasteiger partial charge >= 0.3 is 0 Å². The molecule has 0 saturated heterocycles. The lowest BCUT2D eigenvalue weighted by Gasteiger charge is -2.12. The molecule has 0 atom stereocenters. The van der Waals surface area contributed by atoms with Crippen molar-refractivity contribution in [3.05, 3.63) is 70.8 Å². The lowest BCUT2D eigenvalue weighted by atomic mass is 10.1. The second-order valence-electron chi connectivity index (χ2n) is 7.06. The van der Waals surface area contributed by atoms with Crippen molar-refractivity contribution in [3.63, 3.8) is 0 Å². The highest BCUT2D eigenvalue weighted by molar-refractivity contribution is 6.99. The number of hydrogen-bond donors (Lipinski definition) is 2. The van der Waals surface area contributed by atoms with Crippen molar-refractivity contribution in [1.29, 1.82) is 0 Å². The van der Waals surface area contributed by atoms with E-state index in [1.807, 2.05) is 6.92 Å². The van der Waals surface area contributed by atoms with Crippen LogP contribution in [0.3, 0.4) is 0 Å². The number of nitrogens with one attached hydrogen (secondary N) is 2. The minimum absolute atomic E-state index is 0.0227. The number of ether oxygens (including phenoxy) is 1. The van der Waals surface area contributed by atoms with Crippen molar-refractivity contribution >= 4 is 29.2 Å². The number of aryl methyl sites for hydroxylation is 1. The predicted molar refractivity (Wildman–Crippen MR) is 110 cm³/mol. The summed E-state index contributed by atoms with van der Waals surface area (Å²) in [6, 6.07) is 9.34. The van der Waals surface area contributed by atoms with Gasteiger partial charge in [0, 0.05) is 22.9 Å². The molecule has 30 heavy (non-hydrogen) atoms. The van der Waals surface area contributed by atoms with Crippen molar-refractivity contribution in [2.75, 3.05) is 5.32 Å². The smallest absolute Gasteiger partial charge is 0.255 e. The summed E-state index contributed by atoms with van der Waals surface area (Å²) in [5, 5.41) is 5.66. The number of nitrogens with zero attached hydrogens (tertiary/aromatic N) is 2. The SMILES string of the molecule is Cc1ccc(C(=O)NC2CC2)cc1NC(=O)c1ccc(OCc2cnsn2)c(F)c1. The molecule has 2 amide bonds. The summed E-state index contributed by atoms with van der Waals surface area (Å²) in [6.45, 7) is 1.91. The molecule has 0 radical (unpaired) electrons. The van der Waals surface area contributed by atoms with E-state index in [9.17, 15) is 14.0 Å². The maximum atomic E-state index is 14.4. The number of anilines is 1. The van der Waals surface area contributed by atoms with Crippen molar-refractivity contribution < 1.29 is 18.7 Å². The number of rotatable bonds is 7. The van der Waals surface area contributed by atoms with Gasteiger partial charge in [-0.05, 0) is 55.7 Å². The number of benzene rings is 2. The van der Waals surface area contributed by atoms with Gasteiger partial charge in [-0.2, -0.15) is 8.75 Å². The second kappa shape index (κ2) is 8.58. The largest absolute Gasteiger partial charge is 0.484 e. The summed E-state index contributed by atoms with van der Waals surface area (Å²) in [5.74, 6) is -1.28. The van der Waals surface area contributed by atoms with E-state index in [1.54, 1.807) is 24.4 Å². The Morgan fingerprint density at radius 1 is 1.17 bits per heavy atom. The first-order valence-electron chi connectivity index (χ1n) is 9.41. The standard InChI is InChI=1S/C21H19FN4O3S/c1-12-2-3-14(20(27)24-15-5-6-15)9-18(12)25-21(28)13-4-7-19(17(22)8-13)29-11-16-10-23-30-26-16/h2-4,7-10,15H,5-6,11H2,1H3,(H,24,27)(H,25,28). The van der Waals surface area contributed by atoms with Gasteiger partial charge in [-0.15, -0.1) is 0 Å². The molecular formula is C21H19FN4O3S. The molecule has 9 heteroatoms. The molecule has 2 N–H and O–H groups in total. The van der Waals surface area contributed by atoms with Gasteiger partial charge in [0.15, 0.2) is 11.6 Å². The molecule has 1 aromatic heterocycles. The summed E-state index contributed by atoms with van der Waals surface area (Å²) >= 11 is 1.04. The van der Waals surface area contributed by atoms with E-state index < -0.39 is 11.7 Å². The summed E-state index contributed by atoms with van der Waals surface area (Å²) in [7, 11) is 0. The van der Waals surface area contributed by atoms with Crippen LogP contribution in [0.15, 0.2) is 42.6 Å². The molecule has 154 valence electrons. The Hall–Kier alpha value is -3.33. The molecule has 4 rings (SSSR count). The summed E-state index contributed by atoms with van der Waals surface area (Å²) in [4.78, 5) is 24.9. The van der Waals surface area contributed by atoms with Gasteiger partial charge in [-0.25, -0.2) is 4.39 Å². The zero-order valence-electron chi connectivity index (χ0n) is 16.1. The Balaban J connectivity index is 1.44. The average molecular weight is 426 g/mol. The van der Waals surface area contributed by atoms with Crippen LogP contribution in [-0.2, 0) is 6.61 Å². The number of hydrogen-bond acceptors (Lipinski definition) is 6. The molecule has 1 aliphatic rings. The molecule has 1 fully saturated rings. The van der Waals surface area contributed by atoms with Gasteiger partial charge in [0.2, 0.25) is 0 Å². The Bertz CT molecular complexity index is 1080. The molecule has 2 aromatic carbocycles. The Morgan fingerprint density at radius 3 is 2.63 bits per heavy atom. The van der Waals surface area contributed by atoms with Crippen LogP contribution in [0.4, 0.5) is 10.1 Å². The van der Waals surface area contributed by atoms with Crippen LogP contribution in [0.25, 0.3) is 0 Å². The second-order valence-corrected chi connectivity index (χ2v) is 7.62. The third-order valence-corrected chi connectivity index (χ3v) is 5.15. The fourth-order valence-corrected chi connectivity index (χ4v) is 3.17. The van der Waals surface area contributed by atoms with Crippen LogP contribution in [0.1, 0.15) is 44.8 Å². The van der Waals surface area contributed by atoms with Crippen LogP contribution in [-0.4, -0.2) is 26.6 Å². The maximum Gasteiger partial charge on any atom is 0.255 e. The van der Waals surface area contributed by atoms with E-state index in [1.165, 1.54) is 12.1 Å². The van der Waals surface area contributed by atoms with E-state index >= 15 is 0 Å². The molecule has 0 spiro atoms. The van der Waals surface area contributed by atoms with Crippen LogP contribution < -0.4 is 15.4 Å². The molecule has 3 aromatic rings.